The number of aromatic nitrogens is 2. The number of morpholine rings is 1. The van der Waals surface area contributed by atoms with Crippen molar-refractivity contribution in [2.24, 2.45) is 0 Å². The molecule has 1 aromatic heterocycles. The van der Waals surface area contributed by atoms with Gasteiger partial charge < -0.3 is 29.7 Å². The molecule has 2 aliphatic heterocycles. The van der Waals surface area contributed by atoms with Crippen LogP contribution in [0.3, 0.4) is 0 Å². The van der Waals surface area contributed by atoms with Crippen LogP contribution in [0.1, 0.15) is 16.7 Å². The number of H-pyrrole nitrogens is 1. The molecule has 11 nitrogen and oxygen atoms in total. The monoisotopic (exact) mass is 604 g/mol. The quantitative estimate of drug-likeness (QED) is 0.267. The van der Waals surface area contributed by atoms with Gasteiger partial charge in [-0.3, -0.25) is 19.5 Å². The second-order valence-corrected chi connectivity index (χ2v) is 10.5. The molecular weight excluding hydrogens is 567 g/mol. The van der Waals surface area contributed by atoms with E-state index in [0.29, 0.717) is 67.1 Å². The Hall–Kier alpha value is -4.68. The fourth-order valence-corrected chi connectivity index (χ4v) is 5.27. The summed E-state index contributed by atoms with van der Waals surface area (Å²) in [6.45, 7) is 8.78. The molecule has 5 rings (SSSR count). The first-order valence-corrected chi connectivity index (χ1v) is 14.5. The van der Waals surface area contributed by atoms with Gasteiger partial charge in [0.2, 0.25) is 11.9 Å². The molecule has 1 amide bonds. The first-order valence-electron chi connectivity index (χ1n) is 14.5. The summed E-state index contributed by atoms with van der Waals surface area (Å²) in [5.74, 6) is 0.503. The number of nitrogens with one attached hydrogen (secondary N) is 3. The van der Waals surface area contributed by atoms with Gasteiger partial charge in [-0.2, -0.15) is 4.98 Å². The third-order valence-electron chi connectivity index (χ3n) is 7.60. The number of hydrogen-bond donors (Lipinski definition) is 3. The molecule has 1 saturated heterocycles. The molecule has 12 heteroatoms. The highest BCUT2D eigenvalue weighted by molar-refractivity contribution is 5.98. The predicted molar refractivity (Wildman–Crippen MR) is 169 cm³/mol. The number of rotatable bonds is 12. The highest BCUT2D eigenvalue weighted by Crippen LogP contribution is 2.36. The largest absolute Gasteiger partial charge is 0.497 e. The maximum atomic E-state index is 15.6. The standard InChI is InChI=1S/C32H37FN6O5/c1-4-28(40)35-23-7-5-6-21(16-23)8-10-39-20-22(25-18-24(42-2)19-27(43-3)29(25)33)17-26-30(39)36-32(37-31(26)41)34-9-11-38-12-14-44-15-13-38/h4-7,16-19H,1,8-15,20H2,2-3H3,(H,35,40)(H2,34,36,37,41). The Morgan fingerprint density at radius 1 is 1.18 bits per heavy atom. The van der Waals surface area contributed by atoms with E-state index >= 15 is 4.39 Å². The topological polar surface area (TPSA) is 121 Å². The second-order valence-electron chi connectivity index (χ2n) is 10.5. The van der Waals surface area contributed by atoms with Gasteiger partial charge in [0, 0.05) is 56.6 Å². The van der Waals surface area contributed by atoms with Gasteiger partial charge in [-0.05, 0) is 47.9 Å². The summed E-state index contributed by atoms with van der Waals surface area (Å²) in [4.78, 5) is 37.1. The number of fused-ring (bicyclic) bond motifs is 1. The number of carbonyl (C=O) groups excluding carboxylic acids is 1. The third-order valence-corrected chi connectivity index (χ3v) is 7.60. The van der Waals surface area contributed by atoms with Gasteiger partial charge in [0.25, 0.3) is 5.56 Å². The van der Waals surface area contributed by atoms with Crippen LogP contribution in [0.15, 0.2) is 53.8 Å². The van der Waals surface area contributed by atoms with E-state index in [1.54, 1.807) is 18.2 Å². The first kappa shape index (κ1) is 30.8. The Labute approximate surface area is 255 Å². The lowest BCUT2D eigenvalue weighted by molar-refractivity contribution is -0.111. The summed E-state index contributed by atoms with van der Waals surface area (Å²) >= 11 is 0. The summed E-state index contributed by atoms with van der Waals surface area (Å²) in [6, 6.07) is 10.6. The van der Waals surface area contributed by atoms with Crippen molar-refractivity contribution in [3.63, 3.8) is 0 Å². The van der Waals surface area contributed by atoms with Crippen LogP contribution in [-0.4, -0.2) is 87.5 Å². The van der Waals surface area contributed by atoms with Crippen molar-refractivity contribution in [2.45, 2.75) is 6.42 Å². The molecule has 0 unspecified atom stereocenters. The van der Waals surface area contributed by atoms with Crippen molar-refractivity contribution < 1.29 is 23.4 Å². The van der Waals surface area contributed by atoms with E-state index in [0.717, 1.165) is 25.2 Å². The minimum Gasteiger partial charge on any atom is -0.497 e. The Kier molecular flexibility index (Phi) is 9.93. The summed E-state index contributed by atoms with van der Waals surface area (Å²) in [5.41, 5.74) is 2.47. The number of ether oxygens (including phenoxy) is 3. The van der Waals surface area contributed by atoms with Gasteiger partial charge in [-0.25, -0.2) is 4.39 Å². The zero-order valence-corrected chi connectivity index (χ0v) is 25.0. The molecule has 0 aliphatic carbocycles. The van der Waals surface area contributed by atoms with E-state index in [9.17, 15) is 9.59 Å². The van der Waals surface area contributed by atoms with Crippen LogP contribution in [0, 0.1) is 5.82 Å². The van der Waals surface area contributed by atoms with E-state index in [-0.39, 0.29) is 29.3 Å². The molecule has 0 saturated carbocycles. The number of amides is 1. The van der Waals surface area contributed by atoms with Crippen LogP contribution in [0.5, 0.6) is 11.5 Å². The molecule has 232 valence electrons. The van der Waals surface area contributed by atoms with Crippen molar-refractivity contribution >= 4 is 35.0 Å². The van der Waals surface area contributed by atoms with Crippen LogP contribution in [0.25, 0.3) is 11.6 Å². The Morgan fingerprint density at radius 2 is 2.00 bits per heavy atom. The van der Waals surface area contributed by atoms with Gasteiger partial charge in [-0.15, -0.1) is 0 Å². The summed E-state index contributed by atoms with van der Waals surface area (Å²) < 4.78 is 31.6. The van der Waals surface area contributed by atoms with Gasteiger partial charge in [0.15, 0.2) is 11.6 Å². The smallest absolute Gasteiger partial charge is 0.261 e. The third kappa shape index (κ3) is 7.26. The van der Waals surface area contributed by atoms with Crippen LogP contribution in [0.4, 0.5) is 21.8 Å². The molecule has 3 heterocycles. The SMILES string of the molecule is C=CC(=O)Nc1cccc(CCN2CC(c3cc(OC)cc(OC)c3F)=Cc3c2nc(NCCN2CCOCC2)[nH]c3=O)c1. The number of anilines is 3. The van der Waals surface area contributed by atoms with E-state index in [1.807, 2.05) is 23.1 Å². The molecule has 3 N–H and O–H groups in total. The van der Waals surface area contributed by atoms with Crippen molar-refractivity contribution in [1.29, 1.82) is 0 Å². The Balaban J connectivity index is 1.45. The number of carbonyl (C=O) groups is 1. The summed E-state index contributed by atoms with van der Waals surface area (Å²) in [7, 11) is 2.90. The highest BCUT2D eigenvalue weighted by Gasteiger charge is 2.26. The Morgan fingerprint density at radius 3 is 2.75 bits per heavy atom. The minimum absolute atomic E-state index is 0.0443. The van der Waals surface area contributed by atoms with Crippen LogP contribution in [-0.2, 0) is 16.0 Å². The summed E-state index contributed by atoms with van der Waals surface area (Å²) in [5, 5.41) is 6.03. The molecule has 2 aromatic carbocycles. The number of benzene rings is 2. The molecule has 1 fully saturated rings. The molecule has 0 radical (unpaired) electrons. The highest BCUT2D eigenvalue weighted by atomic mass is 19.1. The number of halogens is 1. The fourth-order valence-electron chi connectivity index (χ4n) is 5.27. The van der Waals surface area contributed by atoms with Crippen molar-refractivity contribution in [3.05, 3.63) is 81.9 Å². The van der Waals surface area contributed by atoms with Crippen LogP contribution < -0.4 is 30.6 Å². The normalized spacial score (nSPS) is 14.8. The lowest BCUT2D eigenvalue weighted by atomic mass is 9.97. The lowest BCUT2D eigenvalue weighted by Gasteiger charge is -2.31. The average molecular weight is 605 g/mol. The van der Waals surface area contributed by atoms with Gasteiger partial charge in [0.05, 0.1) is 33.0 Å². The van der Waals surface area contributed by atoms with E-state index in [4.69, 9.17) is 19.2 Å². The zero-order chi connectivity index (χ0) is 31.1. The molecular formula is C32H37FN6O5. The van der Waals surface area contributed by atoms with Gasteiger partial charge >= 0.3 is 0 Å². The number of hydrogen-bond acceptors (Lipinski definition) is 9. The number of methoxy groups -OCH3 is 2. The molecule has 3 aromatic rings. The van der Waals surface area contributed by atoms with Crippen molar-refractivity contribution in [1.82, 2.24) is 14.9 Å². The Bertz CT molecular complexity index is 1600. The van der Waals surface area contributed by atoms with Crippen LogP contribution >= 0.6 is 0 Å². The number of aromatic amines is 1. The maximum absolute atomic E-state index is 15.6. The average Bonchev–Trinajstić information content (AvgIpc) is 3.04. The first-order chi connectivity index (χ1) is 21.4. The minimum atomic E-state index is -0.542. The van der Waals surface area contributed by atoms with Crippen molar-refractivity contribution in [3.8, 4) is 11.5 Å². The van der Waals surface area contributed by atoms with Crippen molar-refractivity contribution in [2.75, 3.05) is 82.2 Å². The predicted octanol–water partition coefficient (Wildman–Crippen LogP) is 3.40. The number of nitrogens with zero attached hydrogens (tertiary/aromatic N) is 3. The zero-order valence-electron chi connectivity index (χ0n) is 25.0. The van der Waals surface area contributed by atoms with E-state index in [2.05, 4.69) is 27.1 Å². The lowest BCUT2D eigenvalue weighted by Crippen LogP contribution is -2.39. The second kappa shape index (κ2) is 14.2. The van der Waals surface area contributed by atoms with Gasteiger partial charge in [-0.1, -0.05) is 18.7 Å². The summed E-state index contributed by atoms with van der Waals surface area (Å²) in [6.07, 6.45) is 3.47. The molecule has 0 bridgehead atoms. The molecule has 0 spiro atoms. The molecule has 2 aliphatic rings. The van der Waals surface area contributed by atoms with Gasteiger partial charge in [0.1, 0.15) is 11.6 Å². The fraction of sp³-hybridized carbons (Fsp3) is 0.344. The maximum Gasteiger partial charge on any atom is 0.261 e. The molecule has 0 atom stereocenters. The van der Waals surface area contributed by atoms with E-state index < -0.39 is 5.82 Å². The van der Waals surface area contributed by atoms with Crippen LogP contribution in [0.2, 0.25) is 0 Å². The van der Waals surface area contributed by atoms with E-state index in [1.165, 1.54) is 26.4 Å². The molecule has 44 heavy (non-hydrogen) atoms.